The summed E-state index contributed by atoms with van der Waals surface area (Å²) in [4.78, 5) is 25.8. The summed E-state index contributed by atoms with van der Waals surface area (Å²) in [6.45, 7) is 2.94. The van der Waals surface area contributed by atoms with Gasteiger partial charge in [0.1, 0.15) is 0 Å². The Morgan fingerprint density at radius 1 is 0.861 bits per heavy atom. The molecule has 2 amide bonds. The Kier molecular flexibility index (Phi) is 8.18. The van der Waals surface area contributed by atoms with Crippen LogP contribution in [0.5, 0.6) is 0 Å². The fourth-order valence-electron chi connectivity index (χ4n) is 4.28. The molecule has 7 nitrogen and oxygen atoms in total. The molecule has 8 heteroatoms. The second kappa shape index (κ2) is 11.5. The van der Waals surface area contributed by atoms with Gasteiger partial charge in [-0.2, -0.15) is 0 Å². The molecule has 0 saturated carbocycles. The van der Waals surface area contributed by atoms with E-state index in [9.17, 15) is 18.0 Å². The Bertz CT molecular complexity index is 1300. The highest BCUT2D eigenvalue weighted by Gasteiger charge is 2.31. The minimum absolute atomic E-state index is 0.0460. The molecule has 0 radical (unpaired) electrons. The largest absolute Gasteiger partial charge is 0.348 e. The number of benzene rings is 3. The normalized spacial score (nSPS) is 14.8. The minimum atomic E-state index is -3.46. The van der Waals surface area contributed by atoms with Gasteiger partial charge in [-0.15, -0.1) is 0 Å². The van der Waals surface area contributed by atoms with Gasteiger partial charge in [-0.25, -0.2) is 12.7 Å². The summed E-state index contributed by atoms with van der Waals surface area (Å²) in [6, 6.07) is 24.0. The van der Waals surface area contributed by atoms with E-state index in [2.05, 4.69) is 10.6 Å². The smallest absolute Gasteiger partial charge is 0.253 e. The number of nitrogens with one attached hydrogen (secondary N) is 2. The average molecular weight is 506 g/mol. The van der Waals surface area contributed by atoms with Crippen LogP contribution < -0.4 is 10.6 Å². The number of carbonyl (C=O) groups is 2. The van der Waals surface area contributed by atoms with Crippen LogP contribution in [-0.4, -0.2) is 37.6 Å². The highest BCUT2D eigenvalue weighted by molar-refractivity contribution is 7.88. The Hall–Kier alpha value is -3.49. The molecular weight excluding hydrogens is 474 g/mol. The maximum absolute atomic E-state index is 13.0. The highest BCUT2D eigenvalue weighted by Crippen LogP contribution is 2.24. The van der Waals surface area contributed by atoms with E-state index in [-0.39, 0.29) is 23.5 Å². The van der Waals surface area contributed by atoms with Crippen molar-refractivity contribution in [1.29, 1.82) is 0 Å². The monoisotopic (exact) mass is 505 g/mol. The molecule has 4 rings (SSSR count). The SMILES string of the molecule is Cc1ccc(CS(=O)(=O)N2CCC(C(=O)Nc3ccccc3C(=O)NCc3ccccc3)CC2)cc1. The topological polar surface area (TPSA) is 95.6 Å². The molecule has 36 heavy (non-hydrogen) atoms. The molecular formula is C28H31N3O4S. The summed E-state index contributed by atoms with van der Waals surface area (Å²) in [5, 5.41) is 5.78. The van der Waals surface area contributed by atoms with Crippen LogP contribution in [0.3, 0.4) is 0 Å². The van der Waals surface area contributed by atoms with E-state index in [1.807, 2.05) is 61.5 Å². The molecule has 0 atom stereocenters. The van der Waals surface area contributed by atoms with Crippen LogP contribution in [-0.2, 0) is 27.1 Å². The molecule has 0 aliphatic carbocycles. The number of carbonyl (C=O) groups excluding carboxylic acids is 2. The van der Waals surface area contributed by atoms with Crippen LogP contribution in [0.15, 0.2) is 78.9 Å². The summed E-state index contributed by atoms with van der Waals surface area (Å²) >= 11 is 0. The maximum atomic E-state index is 13.0. The number of rotatable bonds is 8. The lowest BCUT2D eigenvalue weighted by atomic mass is 9.97. The molecule has 3 aromatic carbocycles. The molecule has 1 fully saturated rings. The van der Waals surface area contributed by atoms with Crippen molar-refractivity contribution in [3.05, 3.63) is 101 Å². The molecule has 0 aromatic heterocycles. The van der Waals surface area contributed by atoms with Crippen molar-refractivity contribution in [2.45, 2.75) is 32.1 Å². The van der Waals surface area contributed by atoms with Crippen molar-refractivity contribution < 1.29 is 18.0 Å². The molecule has 1 aliphatic rings. The van der Waals surface area contributed by atoms with E-state index in [1.54, 1.807) is 24.3 Å². The molecule has 1 saturated heterocycles. The van der Waals surface area contributed by atoms with E-state index in [0.29, 0.717) is 43.7 Å². The van der Waals surface area contributed by atoms with Crippen LogP contribution in [0.4, 0.5) is 5.69 Å². The number of aryl methyl sites for hydroxylation is 1. The molecule has 0 unspecified atom stereocenters. The first-order chi connectivity index (χ1) is 17.3. The molecule has 188 valence electrons. The fourth-order valence-corrected chi connectivity index (χ4v) is 5.84. The molecule has 3 aromatic rings. The van der Waals surface area contributed by atoms with Crippen molar-refractivity contribution in [2.75, 3.05) is 18.4 Å². The van der Waals surface area contributed by atoms with Gasteiger partial charge >= 0.3 is 0 Å². The van der Waals surface area contributed by atoms with Crippen molar-refractivity contribution in [1.82, 2.24) is 9.62 Å². The predicted octanol–water partition coefficient (Wildman–Crippen LogP) is 4.11. The van der Waals surface area contributed by atoms with Crippen LogP contribution in [0, 0.1) is 12.8 Å². The molecule has 0 spiro atoms. The van der Waals surface area contributed by atoms with Crippen LogP contribution >= 0.6 is 0 Å². The van der Waals surface area contributed by atoms with Gasteiger partial charge in [0, 0.05) is 25.6 Å². The first kappa shape index (κ1) is 25.6. The fraction of sp³-hybridized carbons (Fsp3) is 0.286. The number of amides is 2. The van der Waals surface area contributed by atoms with E-state index in [0.717, 1.165) is 16.7 Å². The predicted molar refractivity (Wildman–Crippen MR) is 141 cm³/mol. The summed E-state index contributed by atoms with van der Waals surface area (Å²) in [5.41, 5.74) is 3.65. The van der Waals surface area contributed by atoms with Crippen LogP contribution in [0.2, 0.25) is 0 Å². The summed E-state index contributed by atoms with van der Waals surface area (Å²) in [5.74, 6) is -0.841. The second-order valence-electron chi connectivity index (χ2n) is 9.12. The molecule has 1 aliphatic heterocycles. The lowest BCUT2D eigenvalue weighted by molar-refractivity contribution is -0.120. The van der Waals surface area contributed by atoms with Crippen LogP contribution in [0.25, 0.3) is 0 Å². The average Bonchev–Trinajstić information content (AvgIpc) is 2.89. The van der Waals surface area contributed by atoms with Gasteiger partial charge in [-0.05, 0) is 43.0 Å². The van der Waals surface area contributed by atoms with Crippen molar-refractivity contribution >= 4 is 27.5 Å². The van der Waals surface area contributed by atoms with Gasteiger partial charge in [-0.1, -0.05) is 72.3 Å². The van der Waals surface area contributed by atoms with Crippen LogP contribution in [0.1, 0.15) is 39.9 Å². The van der Waals surface area contributed by atoms with Crippen molar-refractivity contribution in [3.63, 3.8) is 0 Å². The lowest BCUT2D eigenvalue weighted by Gasteiger charge is -2.30. The minimum Gasteiger partial charge on any atom is -0.348 e. The summed E-state index contributed by atoms with van der Waals surface area (Å²) in [6.07, 6.45) is 0.864. The summed E-state index contributed by atoms with van der Waals surface area (Å²) in [7, 11) is -3.46. The number of hydrogen-bond donors (Lipinski definition) is 2. The van der Waals surface area contributed by atoms with E-state index >= 15 is 0 Å². The van der Waals surface area contributed by atoms with Gasteiger partial charge in [0.15, 0.2) is 0 Å². The molecule has 2 N–H and O–H groups in total. The number of para-hydroxylation sites is 1. The number of hydrogen-bond acceptors (Lipinski definition) is 4. The van der Waals surface area contributed by atoms with Gasteiger partial charge in [0.2, 0.25) is 15.9 Å². The molecule has 0 bridgehead atoms. The first-order valence-corrected chi connectivity index (χ1v) is 13.7. The Morgan fingerprint density at radius 2 is 1.50 bits per heavy atom. The maximum Gasteiger partial charge on any atom is 0.253 e. The third-order valence-electron chi connectivity index (χ3n) is 6.41. The first-order valence-electron chi connectivity index (χ1n) is 12.1. The zero-order valence-corrected chi connectivity index (χ0v) is 21.1. The Labute approximate surface area is 212 Å². The van der Waals surface area contributed by atoms with Crippen molar-refractivity contribution in [2.24, 2.45) is 5.92 Å². The van der Waals surface area contributed by atoms with Gasteiger partial charge < -0.3 is 10.6 Å². The third kappa shape index (κ3) is 6.59. The second-order valence-corrected chi connectivity index (χ2v) is 11.1. The van der Waals surface area contributed by atoms with Crippen molar-refractivity contribution in [3.8, 4) is 0 Å². The van der Waals surface area contributed by atoms with E-state index in [1.165, 1.54) is 4.31 Å². The van der Waals surface area contributed by atoms with Gasteiger partial charge in [-0.3, -0.25) is 9.59 Å². The van der Waals surface area contributed by atoms with Gasteiger partial charge in [0.25, 0.3) is 5.91 Å². The number of piperidine rings is 1. The third-order valence-corrected chi connectivity index (χ3v) is 8.26. The zero-order valence-electron chi connectivity index (χ0n) is 20.3. The zero-order chi connectivity index (χ0) is 25.5. The van der Waals surface area contributed by atoms with E-state index < -0.39 is 10.0 Å². The highest BCUT2D eigenvalue weighted by atomic mass is 32.2. The van der Waals surface area contributed by atoms with Gasteiger partial charge in [0.05, 0.1) is 17.0 Å². The summed E-state index contributed by atoms with van der Waals surface area (Å²) < 4.78 is 27.2. The Balaban J connectivity index is 1.33. The number of nitrogens with zero attached hydrogens (tertiary/aromatic N) is 1. The lowest BCUT2D eigenvalue weighted by Crippen LogP contribution is -2.42. The number of sulfonamides is 1. The molecule has 1 heterocycles. The van der Waals surface area contributed by atoms with E-state index in [4.69, 9.17) is 0 Å². The number of anilines is 1. The standard InChI is InChI=1S/C28H31N3O4S/c1-21-11-13-23(14-12-21)20-36(34,35)31-17-15-24(16-18-31)27(32)30-26-10-6-5-9-25(26)28(33)29-19-22-7-3-2-4-8-22/h2-14,24H,15-20H2,1H3,(H,29,33)(H,30,32). The quantitative estimate of drug-likeness (QED) is 0.482. The Morgan fingerprint density at radius 3 is 2.19 bits per heavy atom.